The molecule has 0 saturated carbocycles. The third kappa shape index (κ3) is 2.98. The third-order valence-electron chi connectivity index (χ3n) is 4.32. The highest BCUT2D eigenvalue weighted by Gasteiger charge is 2.31. The fourth-order valence-corrected chi connectivity index (χ4v) is 3.06. The van der Waals surface area contributed by atoms with Crippen LogP contribution in [0.25, 0.3) is 11.0 Å². The van der Waals surface area contributed by atoms with Gasteiger partial charge in [-0.15, -0.1) is 0 Å². The second-order valence-electron chi connectivity index (χ2n) is 6.14. The maximum Gasteiger partial charge on any atom is 0.416 e. The minimum Gasteiger partial charge on any atom is -0.390 e. The zero-order chi connectivity index (χ0) is 19.2. The van der Waals surface area contributed by atoms with Crippen LogP contribution < -0.4 is 5.56 Å². The number of aromatic nitrogens is 4. The van der Waals surface area contributed by atoms with Crippen LogP contribution in [0.4, 0.5) is 13.2 Å². The summed E-state index contributed by atoms with van der Waals surface area (Å²) in [5.41, 5.74) is 0.374. The third-order valence-corrected chi connectivity index (χ3v) is 4.32. The molecule has 1 aromatic carbocycles. The van der Waals surface area contributed by atoms with E-state index in [1.54, 1.807) is 20.8 Å². The molecule has 2 heterocycles. The smallest absolute Gasteiger partial charge is 0.390 e. The molecule has 2 aromatic heterocycles. The average Bonchev–Trinajstić information content (AvgIpc) is 2.92. The van der Waals surface area contributed by atoms with E-state index in [4.69, 9.17) is 0 Å². The van der Waals surface area contributed by atoms with Gasteiger partial charge in [0.1, 0.15) is 16.9 Å². The number of benzene rings is 1. The molecular formula is C17H17F3N4O2. The number of hydrogen-bond acceptors (Lipinski definition) is 4. The number of aliphatic hydroxyl groups excluding tert-OH is 1. The first-order valence-electron chi connectivity index (χ1n) is 7.90. The summed E-state index contributed by atoms with van der Waals surface area (Å²) in [6.07, 6.45) is -4.42. The molecule has 0 aliphatic heterocycles. The van der Waals surface area contributed by atoms with Gasteiger partial charge in [0.2, 0.25) is 0 Å². The number of nitrogens with one attached hydrogen (secondary N) is 1. The van der Waals surface area contributed by atoms with Crippen molar-refractivity contribution >= 4 is 11.0 Å². The van der Waals surface area contributed by atoms with Gasteiger partial charge < -0.3 is 10.1 Å². The maximum atomic E-state index is 12.9. The number of aliphatic hydroxyl groups is 1. The summed E-state index contributed by atoms with van der Waals surface area (Å²) >= 11 is 0. The summed E-state index contributed by atoms with van der Waals surface area (Å²) in [6, 6.07) is 3.02. The lowest BCUT2D eigenvalue weighted by Crippen LogP contribution is -2.14. The Hall–Kier alpha value is -2.68. The van der Waals surface area contributed by atoms with E-state index in [0.29, 0.717) is 17.0 Å². The lowest BCUT2D eigenvalue weighted by atomic mass is 9.99. The lowest BCUT2D eigenvalue weighted by molar-refractivity contribution is -0.137. The molecule has 0 aliphatic rings. The maximum absolute atomic E-state index is 12.9. The summed E-state index contributed by atoms with van der Waals surface area (Å²) in [5.74, 6) is 0.379. The first-order valence-corrected chi connectivity index (χ1v) is 7.90. The van der Waals surface area contributed by atoms with Gasteiger partial charge in [0, 0.05) is 0 Å². The first-order chi connectivity index (χ1) is 12.1. The van der Waals surface area contributed by atoms with E-state index in [1.807, 2.05) is 0 Å². The zero-order valence-corrected chi connectivity index (χ0v) is 14.3. The molecule has 0 radical (unpaired) electrons. The molecule has 0 aliphatic carbocycles. The van der Waals surface area contributed by atoms with Gasteiger partial charge in [-0.2, -0.15) is 18.3 Å². The van der Waals surface area contributed by atoms with Gasteiger partial charge in [0.05, 0.1) is 18.2 Å². The van der Waals surface area contributed by atoms with E-state index in [0.717, 1.165) is 12.1 Å². The van der Waals surface area contributed by atoms with Gasteiger partial charge in [-0.05, 0) is 44.0 Å². The van der Waals surface area contributed by atoms with E-state index in [1.165, 1.54) is 10.7 Å². The van der Waals surface area contributed by atoms with Crippen molar-refractivity contribution in [2.75, 3.05) is 0 Å². The number of aromatic amines is 1. The van der Waals surface area contributed by atoms with Crippen LogP contribution in [0.3, 0.4) is 0 Å². The molecular weight excluding hydrogens is 349 g/mol. The van der Waals surface area contributed by atoms with E-state index in [-0.39, 0.29) is 16.7 Å². The molecule has 0 saturated heterocycles. The summed E-state index contributed by atoms with van der Waals surface area (Å²) < 4.78 is 40.1. The Balaban J connectivity index is 2.17. The molecule has 0 fully saturated rings. The highest BCUT2D eigenvalue weighted by Crippen LogP contribution is 2.33. The van der Waals surface area contributed by atoms with Crippen LogP contribution >= 0.6 is 0 Å². The molecule has 2 N–H and O–H groups in total. The standard InChI is InChI=1S/C17H17F3N4O2/c1-8-6-11(17(18,19)20)4-5-12(8)9(2)24-15-14(13(7-25)23-24)16(26)22-10(3)21-15/h4-6,9,25H,7H2,1-3H3,(H,21,22,26)/t9-/m1/s1. The molecule has 26 heavy (non-hydrogen) atoms. The Morgan fingerprint density at radius 1 is 1.31 bits per heavy atom. The van der Waals surface area contributed by atoms with Crippen LogP contribution in [0.1, 0.15) is 41.2 Å². The Morgan fingerprint density at radius 3 is 2.58 bits per heavy atom. The molecule has 0 spiro atoms. The monoisotopic (exact) mass is 366 g/mol. The minimum absolute atomic E-state index is 0.171. The van der Waals surface area contributed by atoms with Crippen LogP contribution in [0.5, 0.6) is 0 Å². The lowest BCUT2D eigenvalue weighted by Gasteiger charge is -2.18. The largest absolute Gasteiger partial charge is 0.416 e. The van der Waals surface area contributed by atoms with Crippen molar-refractivity contribution in [1.29, 1.82) is 0 Å². The molecule has 6 nitrogen and oxygen atoms in total. The number of rotatable bonds is 3. The molecule has 0 amide bonds. The topological polar surface area (TPSA) is 83.8 Å². The molecule has 1 atom stereocenters. The second kappa shape index (κ2) is 6.24. The van der Waals surface area contributed by atoms with Crippen LogP contribution in [0, 0.1) is 13.8 Å². The van der Waals surface area contributed by atoms with E-state index in [2.05, 4.69) is 15.1 Å². The fraction of sp³-hybridized carbons (Fsp3) is 0.353. The van der Waals surface area contributed by atoms with Crippen molar-refractivity contribution in [3.05, 3.63) is 56.8 Å². The quantitative estimate of drug-likeness (QED) is 0.747. The van der Waals surface area contributed by atoms with Gasteiger partial charge in [-0.25, -0.2) is 9.67 Å². The summed E-state index contributed by atoms with van der Waals surface area (Å²) in [5, 5.41) is 13.9. The molecule has 3 rings (SSSR count). The van der Waals surface area contributed by atoms with E-state index >= 15 is 0 Å². The predicted molar refractivity (Wildman–Crippen MR) is 88.8 cm³/mol. The van der Waals surface area contributed by atoms with Gasteiger partial charge in [0.25, 0.3) is 5.56 Å². The second-order valence-corrected chi connectivity index (χ2v) is 6.14. The highest BCUT2D eigenvalue weighted by atomic mass is 19.4. The number of alkyl halides is 3. The number of aryl methyl sites for hydroxylation is 2. The van der Waals surface area contributed by atoms with E-state index in [9.17, 15) is 23.1 Å². The van der Waals surface area contributed by atoms with Gasteiger partial charge in [-0.3, -0.25) is 4.79 Å². The van der Waals surface area contributed by atoms with Crippen LogP contribution in [0.2, 0.25) is 0 Å². The Kier molecular flexibility index (Phi) is 4.35. The summed E-state index contributed by atoms with van der Waals surface area (Å²) in [6.45, 7) is 4.51. The molecule has 0 bridgehead atoms. The Labute approximate surface area is 146 Å². The fourth-order valence-electron chi connectivity index (χ4n) is 3.06. The van der Waals surface area contributed by atoms with E-state index < -0.39 is 29.9 Å². The number of hydrogen-bond donors (Lipinski definition) is 2. The minimum atomic E-state index is -4.42. The molecule has 138 valence electrons. The zero-order valence-electron chi connectivity index (χ0n) is 14.3. The van der Waals surface area contributed by atoms with Crippen molar-refractivity contribution in [2.45, 2.75) is 39.6 Å². The van der Waals surface area contributed by atoms with Crippen LogP contribution in [-0.2, 0) is 12.8 Å². The molecule has 0 unspecified atom stereocenters. The molecule has 9 heteroatoms. The van der Waals surface area contributed by atoms with Crippen molar-refractivity contribution in [3.8, 4) is 0 Å². The average molecular weight is 366 g/mol. The van der Waals surface area contributed by atoms with Crippen LogP contribution in [0.15, 0.2) is 23.0 Å². The Morgan fingerprint density at radius 2 is 2.00 bits per heavy atom. The predicted octanol–water partition coefficient (Wildman–Crippen LogP) is 2.86. The summed E-state index contributed by atoms with van der Waals surface area (Å²) in [7, 11) is 0. The van der Waals surface area contributed by atoms with Crippen molar-refractivity contribution in [3.63, 3.8) is 0 Å². The van der Waals surface area contributed by atoms with Gasteiger partial charge in [-0.1, -0.05) is 6.07 Å². The SMILES string of the molecule is Cc1nc2c(c(CO)nn2[C@H](C)c2ccc(C(F)(F)F)cc2C)c(=O)[nH]1. The van der Waals surface area contributed by atoms with Crippen molar-refractivity contribution in [1.82, 2.24) is 19.7 Å². The van der Waals surface area contributed by atoms with Gasteiger partial charge >= 0.3 is 6.18 Å². The van der Waals surface area contributed by atoms with Crippen molar-refractivity contribution < 1.29 is 18.3 Å². The number of nitrogens with zero attached hydrogens (tertiary/aromatic N) is 3. The number of H-pyrrole nitrogens is 1. The summed E-state index contributed by atoms with van der Waals surface area (Å²) in [4.78, 5) is 19.0. The highest BCUT2D eigenvalue weighted by molar-refractivity contribution is 5.77. The normalized spacial score (nSPS) is 13.3. The van der Waals surface area contributed by atoms with Crippen molar-refractivity contribution in [2.24, 2.45) is 0 Å². The number of fused-ring (bicyclic) bond motifs is 1. The Bertz CT molecular complexity index is 1040. The number of halogens is 3. The van der Waals surface area contributed by atoms with Gasteiger partial charge in [0.15, 0.2) is 5.65 Å². The van der Waals surface area contributed by atoms with Crippen LogP contribution in [-0.4, -0.2) is 24.9 Å². The first kappa shape index (κ1) is 18.1. The molecule has 3 aromatic rings.